The van der Waals surface area contributed by atoms with Gasteiger partial charge >= 0.3 is 0 Å². The molecule has 0 amide bonds. The molecule has 35 heavy (non-hydrogen) atoms. The lowest BCUT2D eigenvalue weighted by molar-refractivity contribution is 1.44. The van der Waals surface area contributed by atoms with E-state index in [2.05, 4.69) is 124 Å². The molecule has 0 saturated heterocycles. The van der Waals surface area contributed by atoms with Gasteiger partial charge in [0.05, 0.1) is 16.7 Å². The van der Waals surface area contributed by atoms with Crippen molar-refractivity contribution in [3.8, 4) is 22.4 Å². The monoisotopic (exact) mass is 447 g/mol. The molecule has 0 aliphatic heterocycles. The minimum Gasteiger partial charge on any atom is -0.354 e. The lowest BCUT2D eigenvalue weighted by atomic mass is 9.95. The first-order valence-electron chi connectivity index (χ1n) is 12.0. The minimum atomic E-state index is 1.13. The molecule has 3 aromatic heterocycles. The number of aromatic nitrogens is 3. The van der Waals surface area contributed by atoms with Crippen LogP contribution in [0, 0.1) is 0 Å². The van der Waals surface area contributed by atoms with Crippen LogP contribution < -0.4 is 0 Å². The molecule has 0 spiro atoms. The summed E-state index contributed by atoms with van der Waals surface area (Å²) in [5.74, 6) is 0. The number of nitrogens with one attached hydrogen (secondary N) is 3. The van der Waals surface area contributed by atoms with Crippen molar-refractivity contribution < 1.29 is 0 Å². The maximum Gasteiger partial charge on any atom is 0.0566 e. The molecule has 3 N–H and O–H groups in total. The van der Waals surface area contributed by atoms with Gasteiger partial charge in [-0.3, -0.25) is 0 Å². The van der Waals surface area contributed by atoms with Crippen LogP contribution in [-0.2, 0) is 0 Å². The fourth-order valence-corrected chi connectivity index (χ4v) is 5.79. The smallest absolute Gasteiger partial charge is 0.0566 e. The highest BCUT2D eigenvalue weighted by molar-refractivity contribution is 6.18. The third-order valence-electron chi connectivity index (χ3n) is 7.33. The number of H-pyrrole nitrogens is 3. The van der Waals surface area contributed by atoms with Crippen LogP contribution in [0.1, 0.15) is 0 Å². The summed E-state index contributed by atoms with van der Waals surface area (Å²) >= 11 is 0. The first-order chi connectivity index (χ1) is 17.4. The normalized spacial score (nSPS) is 12.0. The Bertz CT molecular complexity index is 2070. The van der Waals surface area contributed by atoms with Crippen LogP contribution in [0.3, 0.4) is 0 Å². The third kappa shape index (κ3) is 2.55. The number of fused-ring (bicyclic) bond motifs is 7. The Morgan fingerprint density at radius 3 is 1.43 bits per heavy atom. The maximum absolute atomic E-state index is 3.78. The van der Waals surface area contributed by atoms with Crippen LogP contribution in [0.2, 0.25) is 0 Å². The number of hydrogen-bond donors (Lipinski definition) is 3. The molecule has 0 aliphatic carbocycles. The van der Waals surface area contributed by atoms with Gasteiger partial charge in [-0.25, -0.2) is 0 Å². The summed E-state index contributed by atoms with van der Waals surface area (Å²) in [6.45, 7) is 0. The molecule has 8 rings (SSSR count). The quantitative estimate of drug-likeness (QED) is 0.237. The van der Waals surface area contributed by atoms with Gasteiger partial charge in [-0.1, -0.05) is 91.0 Å². The zero-order chi connectivity index (χ0) is 22.9. The van der Waals surface area contributed by atoms with Crippen molar-refractivity contribution in [2.45, 2.75) is 0 Å². The first-order valence-corrected chi connectivity index (χ1v) is 12.0. The number of aromatic amines is 3. The second-order valence-electron chi connectivity index (χ2n) is 9.22. The van der Waals surface area contributed by atoms with Crippen LogP contribution in [-0.4, -0.2) is 15.0 Å². The minimum absolute atomic E-state index is 1.13. The molecule has 3 heteroatoms. The third-order valence-corrected chi connectivity index (χ3v) is 7.33. The second-order valence-corrected chi connectivity index (χ2v) is 9.22. The van der Waals surface area contributed by atoms with E-state index in [1.54, 1.807) is 0 Å². The lowest BCUT2D eigenvalue weighted by Crippen LogP contribution is -1.86. The van der Waals surface area contributed by atoms with Crippen molar-refractivity contribution >= 4 is 54.5 Å². The maximum atomic E-state index is 3.78. The lowest BCUT2D eigenvalue weighted by Gasteiger charge is -2.09. The van der Waals surface area contributed by atoms with Gasteiger partial charge < -0.3 is 15.0 Å². The van der Waals surface area contributed by atoms with E-state index in [4.69, 9.17) is 0 Å². The Labute approximate surface area is 201 Å². The molecule has 0 unspecified atom stereocenters. The SMILES string of the molecule is c1ccc2c(-c3cccc4c3[nH]c3ccccc34)c(-c3cccc4c3[nH]c3ccccc34)[nH]c2c1. The predicted octanol–water partition coefficient (Wildman–Crippen LogP) is 8.77. The van der Waals surface area contributed by atoms with Gasteiger partial charge in [-0.15, -0.1) is 0 Å². The highest BCUT2D eigenvalue weighted by Gasteiger charge is 2.20. The Morgan fingerprint density at radius 2 is 0.800 bits per heavy atom. The summed E-state index contributed by atoms with van der Waals surface area (Å²) in [7, 11) is 0. The average molecular weight is 448 g/mol. The molecule has 164 valence electrons. The first kappa shape index (κ1) is 18.6. The number of hydrogen-bond acceptors (Lipinski definition) is 0. The van der Waals surface area contributed by atoms with E-state index in [1.807, 2.05) is 0 Å². The van der Waals surface area contributed by atoms with Crippen LogP contribution in [0.15, 0.2) is 109 Å². The molecular weight excluding hydrogens is 426 g/mol. The Balaban J connectivity index is 1.52. The van der Waals surface area contributed by atoms with Gasteiger partial charge in [0.15, 0.2) is 0 Å². The summed E-state index contributed by atoms with van der Waals surface area (Å²) in [6.07, 6.45) is 0. The highest BCUT2D eigenvalue weighted by Crippen LogP contribution is 2.44. The largest absolute Gasteiger partial charge is 0.354 e. The van der Waals surface area contributed by atoms with Crippen molar-refractivity contribution in [3.05, 3.63) is 109 Å². The molecule has 0 fully saturated rings. The summed E-state index contributed by atoms with van der Waals surface area (Å²) in [6, 6.07) is 38.9. The van der Waals surface area contributed by atoms with Gasteiger partial charge in [0.2, 0.25) is 0 Å². The second kappa shape index (κ2) is 6.87. The summed E-state index contributed by atoms with van der Waals surface area (Å²) in [4.78, 5) is 11.2. The van der Waals surface area contributed by atoms with E-state index in [0.29, 0.717) is 0 Å². The van der Waals surface area contributed by atoms with Crippen LogP contribution in [0.4, 0.5) is 0 Å². The summed E-state index contributed by atoms with van der Waals surface area (Å²) in [5, 5.41) is 6.22. The Kier molecular flexibility index (Phi) is 3.66. The van der Waals surface area contributed by atoms with Crippen molar-refractivity contribution in [1.29, 1.82) is 0 Å². The van der Waals surface area contributed by atoms with Gasteiger partial charge in [-0.05, 0) is 18.2 Å². The molecule has 5 aromatic carbocycles. The van der Waals surface area contributed by atoms with Crippen LogP contribution in [0.5, 0.6) is 0 Å². The van der Waals surface area contributed by atoms with E-state index >= 15 is 0 Å². The van der Waals surface area contributed by atoms with Crippen molar-refractivity contribution in [1.82, 2.24) is 15.0 Å². The fourth-order valence-electron chi connectivity index (χ4n) is 5.79. The van der Waals surface area contributed by atoms with E-state index in [1.165, 1.54) is 49.1 Å². The van der Waals surface area contributed by atoms with E-state index in [0.717, 1.165) is 27.8 Å². The number of para-hydroxylation sites is 5. The Morgan fingerprint density at radius 1 is 0.343 bits per heavy atom. The molecule has 0 radical (unpaired) electrons. The van der Waals surface area contributed by atoms with Gasteiger partial charge in [0.25, 0.3) is 0 Å². The molecule has 0 aliphatic rings. The molecule has 3 nitrogen and oxygen atoms in total. The zero-order valence-corrected chi connectivity index (χ0v) is 18.9. The molecule has 0 bridgehead atoms. The molecule has 0 saturated carbocycles. The highest BCUT2D eigenvalue weighted by atomic mass is 14.8. The fraction of sp³-hybridized carbons (Fsp3) is 0. The predicted molar refractivity (Wildman–Crippen MR) is 148 cm³/mol. The van der Waals surface area contributed by atoms with Gasteiger partial charge in [0, 0.05) is 60.2 Å². The van der Waals surface area contributed by atoms with E-state index in [-0.39, 0.29) is 0 Å². The average Bonchev–Trinajstić information content (AvgIpc) is 3.59. The van der Waals surface area contributed by atoms with Crippen molar-refractivity contribution in [2.24, 2.45) is 0 Å². The Hall–Kier alpha value is -4.76. The van der Waals surface area contributed by atoms with Gasteiger partial charge in [-0.2, -0.15) is 0 Å². The number of rotatable bonds is 2. The zero-order valence-electron chi connectivity index (χ0n) is 18.9. The standard InChI is InChI=1S/C32H21N3/c1-4-16-26-19(9-1)21-12-7-14-24(30(21)33-26)29-23-11-3-6-18-28(23)35-32(29)25-15-8-13-22-20-10-2-5-17-27(20)34-31(22)25/h1-18,33-35H. The molecule has 3 heterocycles. The van der Waals surface area contributed by atoms with Gasteiger partial charge in [0.1, 0.15) is 0 Å². The van der Waals surface area contributed by atoms with Crippen molar-refractivity contribution in [2.75, 3.05) is 0 Å². The topological polar surface area (TPSA) is 47.4 Å². The molecule has 8 aromatic rings. The van der Waals surface area contributed by atoms with E-state index in [9.17, 15) is 0 Å². The van der Waals surface area contributed by atoms with Crippen molar-refractivity contribution in [3.63, 3.8) is 0 Å². The van der Waals surface area contributed by atoms with Crippen LogP contribution in [0.25, 0.3) is 76.9 Å². The van der Waals surface area contributed by atoms with Crippen LogP contribution >= 0.6 is 0 Å². The summed E-state index contributed by atoms with van der Waals surface area (Å²) in [5.41, 5.74) is 10.5. The molecule has 0 atom stereocenters. The number of benzene rings is 5. The molecular formula is C32H21N3. The van der Waals surface area contributed by atoms with E-state index < -0.39 is 0 Å². The summed E-state index contributed by atoms with van der Waals surface area (Å²) < 4.78 is 0.